The summed E-state index contributed by atoms with van der Waals surface area (Å²) in [4.78, 5) is 28.1. The lowest BCUT2D eigenvalue weighted by molar-refractivity contribution is -0.124. The Morgan fingerprint density at radius 3 is 2.44 bits per heavy atom. The van der Waals surface area contributed by atoms with Crippen LogP contribution in [0.15, 0.2) is 42.5 Å². The molecule has 2 aromatic carbocycles. The van der Waals surface area contributed by atoms with Crippen molar-refractivity contribution in [2.45, 2.75) is 26.2 Å². The largest absolute Gasteiger partial charge is 0.497 e. The molecule has 0 saturated carbocycles. The van der Waals surface area contributed by atoms with E-state index < -0.39 is 0 Å². The van der Waals surface area contributed by atoms with Gasteiger partial charge in [-0.05, 0) is 54.8 Å². The zero-order chi connectivity index (χ0) is 23.3. The molecule has 0 bridgehead atoms. The standard InChI is InChI=1S/C25H31ClN2O4/c1-16(2)11-12-27-24(29)22-15-28(25(30)17-5-7-18(26)8-6-17)14-21(22)20-13-19(31-3)9-10-23(20)32-4/h5-10,13,16,21-22H,11-12,14-15H2,1-4H3,(H,27,29)/t21-,22-/m1/s1. The maximum absolute atomic E-state index is 13.2. The van der Waals surface area contributed by atoms with Gasteiger partial charge < -0.3 is 19.7 Å². The van der Waals surface area contributed by atoms with Crippen LogP contribution in [-0.4, -0.2) is 50.6 Å². The van der Waals surface area contributed by atoms with Gasteiger partial charge in [0.15, 0.2) is 0 Å². The van der Waals surface area contributed by atoms with Gasteiger partial charge in [0.2, 0.25) is 5.91 Å². The summed E-state index contributed by atoms with van der Waals surface area (Å²) in [6.07, 6.45) is 0.902. The van der Waals surface area contributed by atoms with Crippen LogP contribution in [0.2, 0.25) is 5.02 Å². The van der Waals surface area contributed by atoms with E-state index in [4.69, 9.17) is 21.1 Å². The van der Waals surface area contributed by atoms with Gasteiger partial charge in [0.25, 0.3) is 5.91 Å². The van der Waals surface area contributed by atoms with Gasteiger partial charge in [-0.3, -0.25) is 9.59 Å². The summed E-state index contributed by atoms with van der Waals surface area (Å²) < 4.78 is 11.0. The third-order valence-electron chi connectivity index (χ3n) is 5.89. The van der Waals surface area contributed by atoms with E-state index in [0.717, 1.165) is 12.0 Å². The summed E-state index contributed by atoms with van der Waals surface area (Å²) in [6.45, 7) is 5.60. The van der Waals surface area contributed by atoms with Crippen molar-refractivity contribution in [3.63, 3.8) is 0 Å². The van der Waals surface area contributed by atoms with Gasteiger partial charge in [-0.15, -0.1) is 0 Å². The number of hydrogen-bond donors (Lipinski definition) is 1. The number of ether oxygens (including phenoxy) is 2. The zero-order valence-electron chi connectivity index (χ0n) is 19.1. The van der Waals surface area contributed by atoms with Crippen molar-refractivity contribution in [1.29, 1.82) is 0 Å². The lowest BCUT2D eigenvalue weighted by Gasteiger charge is -2.21. The number of nitrogens with zero attached hydrogens (tertiary/aromatic N) is 1. The minimum atomic E-state index is -0.389. The molecule has 2 aromatic rings. The Balaban J connectivity index is 1.90. The molecule has 7 heteroatoms. The quantitative estimate of drug-likeness (QED) is 0.637. The second-order valence-corrected chi connectivity index (χ2v) is 8.95. The molecule has 0 aromatic heterocycles. The van der Waals surface area contributed by atoms with E-state index in [9.17, 15) is 9.59 Å². The van der Waals surface area contributed by atoms with Gasteiger partial charge in [0.05, 0.1) is 20.1 Å². The highest BCUT2D eigenvalue weighted by Gasteiger charge is 2.41. The van der Waals surface area contributed by atoms with Crippen molar-refractivity contribution in [2.24, 2.45) is 11.8 Å². The maximum Gasteiger partial charge on any atom is 0.253 e. The number of methoxy groups -OCH3 is 2. The van der Waals surface area contributed by atoms with E-state index in [1.54, 1.807) is 43.4 Å². The van der Waals surface area contributed by atoms with Crippen LogP contribution in [0.1, 0.15) is 42.1 Å². The molecule has 2 amide bonds. The molecule has 1 saturated heterocycles. The highest BCUT2D eigenvalue weighted by atomic mass is 35.5. The van der Waals surface area contributed by atoms with Crippen LogP contribution in [0.5, 0.6) is 11.5 Å². The fourth-order valence-electron chi connectivity index (χ4n) is 4.07. The maximum atomic E-state index is 13.2. The minimum Gasteiger partial charge on any atom is -0.497 e. The molecule has 1 aliphatic heterocycles. The number of hydrogen-bond acceptors (Lipinski definition) is 4. The normalized spacial score (nSPS) is 18.0. The Morgan fingerprint density at radius 1 is 1.09 bits per heavy atom. The molecule has 32 heavy (non-hydrogen) atoms. The van der Waals surface area contributed by atoms with Crippen LogP contribution in [0.3, 0.4) is 0 Å². The second kappa shape index (κ2) is 10.7. The smallest absolute Gasteiger partial charge is 0.253 e. The number of carbonyl (C=O) groups excluding carboxylic acids is 2. The first kappa shape index (κ1) is 23.9. The first-order valence-corrected chi connectivity index (χ1v) is 11.3. The Kier molecular flexibility index (Phi) is 8.02. The topological polar surface area (TPSA) is 67.9 Å². The highest BCUT2D eigenvalue weighted by molar-refractivity contribution is 6.30. The number of rotatable bonds is 8. The van der Waals surface area contributed by atoms with Crippen LogP contribution in [0.4, 0.5) is 0 Å². The number of amides is 2. The Labute approximate surface area is 194 Å². The van der Waals surface area contributed by atoms with Gasteiger partial charge in [0.1, 0.15) is 11.5 Å². The molecule has 0 aliphatic carbocycles. The van der Waals surface area contributed by atoms with Crippen molar-refractivity contribution in [2.75, 3.05) is 33.9 Å². The monoisotopic (exact) mass is 458 g/mol. The number of carbonyl (C=O) groups is 2. The molecular formula is C25H31ClN2O4. The van der Waals surface area contributed by atoms with E-state index in [1.165, 1.54) is 0 Å². The summed E-state index contributed by atoms with van der Waals surface area (Å²) >= 11 is 5.97. The molecule has 1 heterocycles. The molecule has 6 nitrogen and oxygen atoms in total. The number of halogens is 1. The summed E-state index contributed by atoms with van der Waals surface area (Å²) in [7, 11) is 3.21. The highest BCUT2D eigenvalue weighted by Crippen LogP contribution is 2.40. The average molecular weight is 459 g/mol. The van der Waals surface area contributed by atoms with Crippen LogP contribution < -0.4 is 14.8 Å². The first-order valence-electron chi connectivity index (χ1n) is 10.9. The molecule has 2 atom stereocenters. The second-order valence-electron chi connectivity index (χ2n) is 8.51. The Hall–Kier alpha value is -2.73. The molecule has 1 fully saturated rings. The van der Waals surface area contributed by atoms with Crippen LogP contribution in [0, 0.1) is 11.8 Å². The fourth-order valence-corrected chi connectivity index (χ4v) is 4.20. The molecule has 1 aliphatic rings. The van der Waals surface area contributed by atoms with Crippen molar-refractivity contribution in [3.8, 4) is 11.5 Å². The fraction of sp³-hybridized carbons (Fsp3) is 0.440. The summed E-state index contributed by atoms with van der Waals surface area (Å²) in [5.74, 6) is 1.09. The SMILES string of the molecule is COc1ccc(OC)c([C@H]2CN(C(=O)c3ccc(Cl)cc3)C[C@H]2C(=O)NCCC(C)C)c1. The van der Waals surface area contributed by atoms with Crippen LogP contribution >= 0.6 is 11.6 Å². The van der Waals surface area contributed by atoms with Gasteiger partial charge in [0, 0.05) is 41.7 Å². The molecule has 1 N–H and O–H groups in total. The Bertz CT molecular complexity index is 945. The van der Waals surface area contributed by atoms with Crippen LogP contribution in [-0.2, 0) is 4.79 Å². The van der Waals surface area contributed by atoms with E-state index in [1.807, 2.05) is 18.2 Å². The Morgan fingerprint density at radius 2 is 1.81 bits per heavy atom. The first-order chi connectivity index (χ1) is 15.3. The van der Waals surface area contributed by atoms with E-state index in [2.05, 4.69) is 19.2 Å². The van der Waals surface area contributed by atoms with Crippen molar-refractivity contribution in [3.05, 3.63) is 58.6 Å². The van der Waals surface area contributed by atoms with Crippen molar-refractivity contribution in [1.82, 2.24) is 10.2 Å². The van der Waals surface area contributed by atoms with Gasteiger partial charge in [-0.1, -0.05) is 25.4 Å². The average Bonchev–Trinajstić information content (AvgIpc) is 3.23. The lowest BCUT2D eigenvalue weighted by Crippen LogP contribution is -2.36. The molecule has 172 valence electrons. The zero-order valence-corrected chi connectivity index (χ0v) is 19.8. The molecule has 0 spiro atoms. The number of benzene rings is 2. The third kappa shape index (κ3) is 5.54. The number of likely N-dealkylation sites (tertiary alicyclic amines) is 1. The third-order valence-corrected chi connectivity index (χ3v) is 6.14. The van der Waals surface area contributed by atoms with E-state index >= 15 is 0 Å². The van der Waals surface area contributed by atoms with Gasteiger partial charge in [-0.2, -0.15) is 0 Å². The summed E-state index contributed by atoms with van der Waals surface area (Å²) in [5, 5.41) is 3.64. The lowest BCUT2D eigenvalue weighted by atomic mass is 9.87. The van der Waals surface area contributed by atoms with Crippen molar-refractivity contribution < 1.29 is 19.1 Å². The number of nitrogens with one attached hydrogen (secondary N) is 1. The summed E-state index contributed by atoms with van der Waals surface area (Å²) in [6, 6.07) is 12.4. The predicted molar refractivity (Wildman–Crippen MR) is 126 cm³/mol. The van der Waals surface area contributed by atoms with Crippen LogP contribution in [0.25, 0.3) is 0 Å². The van der Waals surface area contributed by atoms with E-state index in [0.29, 0.717) is 47.6 Å². The minimum absolute atomic E-state index is 0.0491. The predicted octanol–water partition coefficient (Wildman–Crippen LogP) is 4.38. The molecule has 0 unspecified atom stereocenters. The summed E-state index contributed by atoms with van der Waals surface area (Å²) in [5.41, 5.74) is 1.41. The van der Waals surface area contributed by atoms with E-state index in [-0.39, 0.29) is 23.7 Å². The molecule has 3 rings (SSSR count). The van der Waals surface area contributed by atoms with Gasteiger partial charge >= 0.3 is 0 Å². The molecular weight excluding hydrogens is 428 g/mol. The molecule has 0 radical (unpaired) electrons. The van der Waals surface area contributed by atoms with Gasteiger partial charge in [-0.25, -0.2) is 0 Å². The van der Waals surface area contributed by atoms with Crippen molar-refractivity contribution >= 4 is 23.4 Å².